The van der Waals surface area contributed by atoms with Crippen LogP contribution in [-0.2, 0) is 19.1 Å². The topological polar surface area (TPSA) is 91.0 Å². The molecule has 2 aromatic carbocycles. The highest BCUT2D eigenvalue weighted by atomic mass is 35.5. The minimum Gasteiger partial charge on any atom is -0.379 e. The van der Waals surface area contributed by atoms with Gasteiger partial charge in [0, 0.05) is 19.1 Å². The first kappa shape index (κ1) is 31.0. The molecule has 0 aliphatic carbocycles. The van der Waals surface area contributed by atoms with Crippen molar-refractivity contribution < 1.29 is 19.1 Å². The number of rotatable bonds is 8. The van der Waals surface area contributed by atoms with Gasteiger partial charge in [0.25, 0.3) is 0 Å². The number of nitrogens with zero attached hydrogens (tertiary/aromatic N) is 2. The quantitative estimate of drug-likeness (QED) is 0.493. The normalized spacial score (nSPS) is 24.0. The van der Waals surface area contributed by atoms with Crippen LogP contribution in [0.25, 0.3) is 0 Å². The first-order valence-electron chi connectivity index (χ1n) is 14.9. The second-order valence-electron chi connectivity index (χ2n) is 11.2. The molecule has 0 unspecified atom stereocenters. The molecule has 8 nitrogen and oxygen atoms in total. The molecule has 5 rings (SSSR count). The molecule has 0 spiro atoms. The zero-order valence-electron chi connectivity index (χ0n) is 23.9. The van der Waals surface area contributed by atoms with E-state index in [-0.39, 0.29) is 48.3 Å². The van der Waals surface area contributed by atoms with Crippen molar-refractivity contribution in [1.82, 2.24) is 20.4 Å². The van der Waals surface area contributed by atoms with Crippen molar-refractivity contribution in [2.45, 2.75) is 82.1 Å². The first-order chi connectivity index (χ1) is 19.6. The molecule has 0 aromatic heterocycles. The van der Waals surface area contributed by atoms with Crippen LogP contribution in [0.15, 0.2) is 60.7 Å². The van der Waals surface area contributed by atoms with Crippen LogP contribution in [0.1, 0.15) is 69.0 Å². The maximum atomic E-state index is 14.0. The molecule has 3 amide bonds. The minimum atomic E-state index is -0.613. The summed E-state index contributed by atoms with van der Waals surface area (Å²) in [5.74, 6) is -0.365. The maximum absolute atomic E-state index is 14.0. The van der Waals surface area contributed by atoms with Crippen molar-refractivity contribution in [2.75, 3.05) is 26.3 Å². The van der Waals surface area contributed by atoms with Crippen molar-refractivity contribution in [3.8, 4) is 0 Å². The Hall–Kier alpha value is -2.94. The number of carbonyl (C=O) groups is 3. The SMILES string of the molecule is CC[C@@H](C(=O)N[C@H]1CCCC[C@H]2CC[C@@H](C(=O)NC(c3ccccc3)c3ccccc3)N2C1=O)N1CCOCC1.Cl. The standard InChI is InChI=1S/C32H42N4O4.ClH/c1-2-27(35-19-21-40-22-20-35)30(37)33-26-16-10-9-15-25-17-18-28(36(25)32(26)39)31(38)34-29(23-11-5-3-6-12-23)24-13-7-4-8-14-24;/h3-8,11-14,25-29H,2,9-10,15-22H2,1H3,(H,33,37)(H,34,38);1H/t25-,26-,27-,28-;/m0./s1. The average Bonchev–Trinajstić information content (AvgIpc) is 3.41. The fraction of sp³-hybridized carbons (Fsp3) is 0.531. The van der Waals surface area contributed by atoms with Gasteiger partial charge in [-0.2, -0.15) is 0 Å². The Balaban J connectivity index is 0.00000387. The van der Waals surface area contributed by atoms with Gasteiger partial charge in [0.2, 0.25) is 17.7 Å². The third-order valence-corrected chi connectivity index (χ3v) is 8.68. The molecule has 4 atom stereocenters. The summed E-state index contributed by atoms with van der Waals surface area (Å²) in [6.07, 6.45) is 5.45. The van der Waals surface area contributed by atoms with Gasteiger partial charge in [-0.3, -0.25) is 19.3 Å². The van der Waals surface area contributed by atoms with E-state index in [1.807, 2.05) is 72.5 Å². The molecule has 9 heteroatoms. The van der Waals surface area contributed by atoms with E-state index in [9.17, 15) is 14.4 Å². The van der Waals surface area contributed by atoms with Crippen LogP contribution < -0.4 is 10.6 Å². The highest BCUT2D eigenvalue weighted by Gasteiger charge is 2.44. The van der Waals surface area contributed by atoms with Crippen LogP contribution in [-0.4, -0.2) is 78.0 Å². The van der Waals surface area contributed by atoms with E-state index in [0.29, 0.717) is 45.6 Å². The summed E-state index contributed by atoms with van der Waals surface area (Å²) in [5, 5.41) is 6.37. The van der Waals surface area contributed by atoms with Crippen molar-refractivity contribution in [3.63, 3.8) is 0 Å². The summed E-state index contributed by atoms with van der Waals surface area (Å²) in [4.78, 5) is 45.3. The van der Waals surface area contributed by atoms with Gasteiger partial charge in [-0.1, -0.05) is 80.4 Å². The minimum absolute atomic E-state index is 0. The van der Waals surface area contributed by atoms with Crippen LogP contribution >= 0.6 is 12.4 Å². The third kappa shape index (κ3) is 7.29. The van der Waals surface area contributed by atoms with Gasteiger partial charge in [0.05, 0.1) is 25.3 Å². The lowest BCUT2D eigenvalue weighted by molar-refractivity contribution is -0.145. The maximum Gasteiger partial charge on any atom is 0.246 e. The Morgan fingerprint density at radius 1 is 0.902 bits per heavy atom. The number of halogens is 1. The predicted octanol–water partition coefficient (Wildman–Crippen LogP) is 3.84. The van der Waals surface area contributed by atoms with E-state index >= 15 is 0 Å². The van der Waals surface area contributed by atoms with E-state index < -0.39 is 12.1 Å². The van der Waals surface area contributed by atoms with Gasteiger partial charge in [-0.25, -0.2) is 0 Å². The lowest BCUT2D eigenvalue weighted by atomic mass is 9.97. The van der Waals surface area contributed by atoms with Crippen molar-refractivity contribution >= 4 is 30.1 Å². The molecule has 222 valence electrons. The number of hydrogen-bond acceptors (Lipinski definition) is 5. The van der Waals surface area contributed by atoms with E-state index in [1.165, 1.54) is 0 Å². The largest absolute Gasteiger partial charge is 0.379 e. The predicted molar refractivity (Wildman–Crippen MR) is 161 cm³/mol. The van der Waals surface area contributed by atoms with Gasteiger partial charge >= 0.3 is 0 Å². The van der Waals surface area contributed by atoms with Crippen LogP contribution in [0.4, 0.5) is 0 Å². The Morgan fingerprint density at radius 3 is 2.12 bits per heavy atom. The van der Waals surface area contributed by atoms with Gasteiger partial charge in [0.1, 0.15) is 12.1 Å². The smallest absolute Gasteiger partial charge is 0.246 e. The highest BCUT2D eigenvalue weighted by Crippen LogP contribution is 2.32. The number of fused-ring (bicyclic) bond motifs is 1. The number of ether oxygens (including phenoxy) is 1. The monoisotopic (exact) mass is 582 g/mol. The summed E-state index contributed by atoms with van der Waals surface area (Å²) in [6.45, 7) is 4.67. The van der Waals surface area contributed by atoms with Gasteiger partial charge < -0.3 is 20.3 Å². The van der Waals surface area contributed by atoms with E-state index in [2.05, 4.69) is 15.5 Å². The summed E-state index contributed by atoms with van der Waals surface area (Å²) < 4.78 is 5.46. The molecule has 0 saturated carbocycles. The Bertz CT molecular complexity index is 1110. The Kier molecular flexibility index (Phi) is 11.2. The molecule has 3 heterocycles. The van der Waals surface area contributed by atoms with Crippen LogP contribution in [0.3, 0.4) is 0 Å². The Labute approximate surface area is 249 Å². The molecule has 41 heavy (non-hydrogen) atoms. The molecule has 2 aromatic rings. The number of amides is 3. The molecule has 2 N–H and O–H groups in total. The summed E-state index contributed by atoms with van der Waals surface area (Å²) >= 11 is 0. The van der Waals surface area contributed by atoms with Crippen molar-refractivity contribution in [2.24, 2.45) is 0 Å². The molecular formula is C32H43ClN4O4. The van der Waals surface area contributed by atoms with Gasteiger partial charge in [-0.05, 0) is 43.2 Å². The van der Waals surface area contributed by atoms with Crippen LogP contribution in [0.2, 0.25) is 0 Å². The average molecular weight is 583 g/mol. The number of benzene rings is 2. The fourth-order valence-electron chi connectivity index (χ4n) is 6.58. The fourth-order valence-corrected chi connectivity index (χ4v) is 6.58. The highest BCUT2D eigenvalue weighted by molar-refractivity contribution is 5.94. The Morgan fingerprint density at radius 2 is 1.51 bits per heavy atom. The lowest BCUT2D eigenvalue weighted by Gasteiger charge is -2.37. The summed E-state index contributed by atoms with van der Waals surface area (Å²) in [6, 6.07) is 18.1. The van der Waals surface area contributed by atoms with E-state index in [1.54, 1.807) is 0 Å². The zero-order valence-corrected chi connectivity index (χ0v) is 24.7. The number of morpholine rings is 1. The summed E-state index contributed by atoms with van der Waals surface area (Å²) in [7, 11) is 0. The molecule has 3 aliphatic heterocycles. The molecule has 0 radical (unpaired) electrons. The molecule has 3 saturated heterocycles. The third-order valence-electron chi connectivity index (χ3n) is 8.68. The first-order valence-corrected chi connectivity index (χ1v) is 14.9. The molecule has 3 fully saturated rings. The molecule has 0 bridgehead atoms. The van der Waals surface area contributed by atoms with Crippen molar-refractivity contribution in [1.29, 1.82) is 0 Å². The zero-order chi connectivity index (χ0) is 27.9. The molecular weight excluding hydrogens is 540 g/mol. The second-order valence-corrected chi connectivity index (χ2v) is 11.2. The summed E-state index contributed by atoms with van der Waals surface area (Å²) in [5.41, 5.74) is 1.99. The number of carbonyl (C=O) groups excluding carboxylic acids is 3. The van der Waals surface area contributed by atoms with E-state index in [4.69, 9.17) is 4.74 Å². The second kappa shape index (κ2) is 14.8. The van der Waals surface area contributed by atoms with Gasteiger partial charge in [0.15, 0.2) is 0 Å². The van der Waals surface area contributed by atoms with Crippen molar-refractivity contribution in [3.05, 3.63) is 71.8 Å². The number of nitrogens with one attached hydrogen (secondary N) is 2. The van der Waals surface area contributed by atoms with E-state index in [0.717, 1.165) is 36.8 Å². The number of hydrogen-bond donors (Lipinski definition) is 2. The lowest BCUT2D eigenvalue weighted by Crippen LogP contribution is -2.59. The molecule has 3 aliphatic rings. The van der Waals surface area contributed by atoms with Crippen LogP contribution in [0, 0.1) is 0 Å². The van der Waals surface area contributed by atoms with Crippen LogP contribution in [0.5, 0.6) is 0 Å². The van der Waals surface area contributed by atoms with Gasteiger partial charge in [-0.15, -0.1) is 12.4 Å².